The number of carbonyl (C=O) groups is 1. The molecule has 0 aliphatic rings. The maximum absolute atomic E-state index is 11.4. The first-order chi connectivity index (χ1) is 7.15. The van der Waals surface area contributed by atoms with Crippen molar-refractivity contribution in [2.45, 2.75) is 6.42 Å². The molecule has 1 heterocycles. The number of halogens is 2. The molecular formula is C8H9Cl2N3OS. The van der Waals surface area contributed by atoms with Crippen molar-refractivity contribution in [2.24, 2.45) is 0 Å². The van der Waals surface area contributed by atoms with Crippen LogP contribution < -0.4 is 5.32 Å². The van der Waals surface area contributed by atoms with E-state index >= 15 is 0 Å². The molecule has 0 aliphatic carbocycles. The number of hydrogen-bond donors (Lipinski definition) is 1. The average molecular weight is 266 g/mol. The van der Waals surface area contributed by atoms with Crippen molar-refractivity contribution in [3.63, 3.8) is 0 Å². The Labute approximate surface area is 102 Å². The van der Waals surface area contributed by atoms with Crippen molar-refractivity contribution in [1.82, 2.24) is 9.97 Å². The highest BCUT2D eigenvalue weighted by Crippen LogP contribution is 2.25. The minimum atomic E-state index is -0.150. The molecule has 0 radical (unpaired) electrons. The number of carbonyl (C=O) groups excluding carboxylic acids is 1. The summed E-state index contributed by atoms with van der Waals surface area (Å²) in [7, 11) is 0. The zero-order chi connectivity index (χ0) is 11.3. The standard InChI is InChI=1S/C8H9Cl2N3OS/c1-15-3-2-5(14)13-6-7(9)11-4-12-8(6)10/h4H,2-3H2,1H3,(H,13,14). The Bertz CT molecular complexity index is 341. The van der Waals surface area contributed by atoms with Gasteiger partial charge in [0.25, 0.3) is 0 Å². The molecule has 0 saturated carbocycles. The van der Waals surface area contributed by atoms with Crippen LogP contribution in [0.5, 0.6) is 0 Å². The van der Waals surface area contributed by atoms with E-state index in [-0.39, 0.29) is 21.9 Å². The van der Waals surface area contributed by atoms with Crippen molar-refractivity contribution in [3.8, 4) is 0 Å². The molecule has 82 valence electrons. The summed E-state index contributed by atoms with van der Waals surface area (Å²) >= 11 is 13.1. The average Bonchev–Trinajstić information content (AvgIpc) is 2.21. The smallest absolute Gasteiger partial charge is 0.225 e. The molecule has 0 fully saturated rings. The molecule has 1 amide bonds. The fraction of sp³-hybridized carbons (Fsp3) is 0.375. The topological polar surface area (TPSA) is 54.9 Å². The van der Waals surface area contributed by atoms with E-state index in [2.05, 4.69) is 15.3 Å². The third-order valence-corrected chi connectivity index (χ3v) is 2.74. The fourth-order valence-electron chi connectivity index (χ4n) is 0.844. The van der Waals surface area contributed by atoms with Crippen LogP contribution in [-0.4, -0.2) is 27.9 Å². The second-order valence-electron chi connectivity index (χ2n) is 2.62. The second-order valence-corrected chi connectivity index (χ2v) is 4.32. The molecule has 0 saturated heterocycles. The molecule has 0 unspecified atom stereocenters. The fourth-order valence-corrected chi connectivity index (χ4v) is 1.64. The van der Waals surface area contributed by atoms with Crippen molar-refractivity contribution < 1.29 is 4.79 Å². The summed E-state index contributed by atoms with van der Waals surface area (Å²) in [5.41, 5.74) is 0.270. The minimum Gasteiger partial charge on any atom is -0.321 e. The van der Waals surface area contributed by atoms with Gasteiger partial charge in [0.2, 0.25) is 5.91 Å². The molecule has 1 aromatic rings. The lowest BCUT2D eigenvalue weighted by atomic mass is 10.4. The lowest BCUT2D eigenvalue weighted by molar-refractivity contribution is -0.115. The lowest BCUT2D eigenvalue weighted by Gasteiger charge is -2.06. The Kier molecular flexibility index (Phi) is 5.14. The molecule has 1 N–H and O–H groups in total. The van der Waals surface area contributed by atoms with Gasteiger partial charge in [-0.2, -0.15) is 11.8 Å². The molecule has 0 bridgehead atoms. The van der Waals surface area contributed by atoms with Crippen LogP contribution in [0.15, 0.2) is 6.33 Å². The van der Waals surface area contributed by atoms with Crippen LogP contribution in [0.25, 0.3) is 0 Å². The minimum absolute atomic E-state index is 0.146. The van der Waals surface area contributed by atoms with Crippen molar-refractivity contribution in [1.29, 1.82) is 0 Å². The van der Waals surface area contributed by atoms with Gasteiger partial charge in [0.05, 0.1) is 0 Å². The van der Waals surface area contributed by atoms with Crippen LogP contribution in [-0.2, 0) is 4.79 Å². The molecule has 4 nitrogen and oxygen atoms in total. The normalized spacial score (nSPS) is 10.1. The Morgan fingerprint density at radius 1 is 1.47 bits per heavy atom. The Morgan fingerprint density at radius 3 is 2.60 bits per heavy atom. The number of hydrogen-bond acceptors (Lipinski definition) is 4. The predicted octanol–water partition coefficient (Wildman–Crippen LogP) is 2.48. The number of nitrogens with one attached hydrogen (secondary N) is 1. The zero-order valence-electron chi connectivity index (χ0n) is 7.96. The molecule has 1 rings (SSSR count). The number of nitrogens with zero attached hydrogens (tertiary/aromatic N) is 2. The van der Waals surface area contributed by atoms with Crippen LogP contribution in [0, 0.1) is 0 Å². The molecule has 0 aliphatic heterocycles. The van der Waals surface area contributed by atoms with Gasteiger partial charge in [-0.25, -0.2) is 9.97 Å². The van der Waals surface area contributed by atoms with Gasteiger partial charge < -0.3 is 5.32 Å². The van der Waals surface area contributed by atoms with E-state index in [1.165, 1.54) is 6.33 Å². The number of thioether (sulfide) groups is 1. The van der Waals surface area contributed by atoms with E-state index in [4.69, 9.17) is 23.2 Å². The first-order valence-corrected chi connectivity index (χ1v) is 6.25. The van der Waals surface area contributed by atoms with Gasteiger partial charge in [-0.1, -0.05) is 23.2 Å². The third-order valence-electron chi connectivity index (χ3n) is 1.55. The summed E-state index contributed by atoms with van der Waals surface area (Å²) in [5, 5.41) is 2.86. The molecule has 0 spiro atoms. The summed E-state index contributed by atoms with van der Waals surface area (Å²) in [6.45, 7) is 0. The number of aromatic nitrogens is 2. The molecule has 7 heteroatoms. The van der Waals surface area contributed by atoms with Crippen molar-refractivity contribution in [2.75, 3.05) is 17.3 Å². The van der Waals surface area contributed by atoms with Gasteiger partial charge in [-0.05, 0) is 6.26 Å². The lowest BCUT2D eigenvalue weighted by Crippen LogP contribution is -2.13. The van der Waals surface area contributed by atoms with Crippen LogP contribution in [0.4, 0.5) is 5.69 Å². The monoisotopic (exact) mass is 265 g/mol. The summed E-state index contributed by atoms with van der Waals surface area (Å²) < 4.78 is 0. The Morgan fingerprint density at radius 2 is 2.07 bits per heavy atom. The highest BCUT2D eigenvalue weighted by Gasteiger charge is 2.10. The van der Waals surface area contributed by atoms with Gasteiger partial charge in [-0.15, -0.1) is 0 Å². The summed E-state index contributed by atoms with van der Waals surface area (Å²) in [6.07, 6.45) is 3.57. The Hall–Kier alpha value is -0.520. The second kappa shape index (κ2) is 6.15. The molecular weight excluding hydrogens is 257 g/mol. The molecule has 0 atom stereocenters. The van der Waals surface area contributed by atoms with Gasteiger partial charge in [0.15, 0.2) is 10.3 Å². The number of rotatable bonds is 4. The zero-order valence-corrected chi connectivity index (χ0v) is 10.3. The van der Waals surface area contributed by atoms with Gasteiger partial charge >= 0.3 is 0 Å². The van der Waals surface area contributed by atoms with Crippen LogP contribution >= 0.6 is 35.0 Å². The number of amides is 1. The van der Waals surface area contributed by atoms with Crippen molar-refractivity contribution >= 4 is 46.6 Å². The largest absolute Gasteiger partial charge is 0.321 e. The van der Waals surface area contributed by atoms with E-state index in [9.17, 15) is 4.79 Å². The quantitative estimate of drug-likeness (QED) is 0.850. The Balaban J connectivity index is 2.68. The van der Waals surface area contributed by atoms with E-state index in [0.717, 1.165) is 5.75 Å². The van der Waals surface area contributed by atoms with Gasteiger partial charge in [-0.3, -0.25) is 4.79 Å². The number of anilines is 1. The maximum Gasteiger partial charge on any atom is 0.225 e. The molecule has 1 aromatic heterocycles. The van der Waals surface area contributed by atoms with Crippen molar-refractivity contribution in [3.05, 3.63) is 16.6 Å². The van der Waals surface area contributed by atoms with E-state index in [1.807, 2.05) is 6.26 Å². The summed E-state index contributed by atoms with van der Waals surface area (Å²) in [4.78, 5) is 18.8. The highest BCUT2D eigenvalue weighted by molar-refractivity contribution is 7.98. The van der Waals surface area contributed by atoms with Gasteiger partial charge in [0.1, 0.15) is 12.0 Å². The van der Waals surface area contributed by atoms with E-state index in [0.29, 0.717) is 6.42 Å². The van der Waals surface area contributed by atoms with Crippen LogP contribution in [0.3, 0.4) is 0 Å². The van der Waals surface area contributed by atoms with Crippen LogP contribution in [0.1, 0.15) is 6.42 Å². The first-order valence-electron chi connectivity index (χ1n) is 4.10. The maximum atomic E-state index is 11.4. The van der Waals surface area contributed by atoms with E-state index < -0.39 is 0 Å². The molecule has 0 aromatic carbocycles. The highest BCUT2D eigenvalue weighted by atomic mass is 35.5. The predicted molar refractivity (Wildman–Crippen MR) is 63.7 cm³/mol. The SMILES string of the molecule is CSCCC(=O)Nc1c(Cl)ncnc1Cl. The van der Waals surface area contributed by atoms with Crippen LogP contribution in [0.2, 0.25) is 10.3 Å². The van der Waals surface area contributed by atoms with E-state index in [1.54, 1.807) is 11.8 Å². The summed E-state index contributed by atoms with van der Waals surface area (Å²) in [6, 6.07) is 0. The third kappa shape index (κ3) is 3.85. The first kappa shape index (κ1) is 12.5. The van der Waals surface area contributed by atoms with Gasteiger partial charge in [0, 0.05) is 12.2 Å². The molecule has 15 heavy (non-hydrogen) atoms. The summed E-state index contributed by atoms with van der Waals surface area (Å²) in [5.74, 6) is 0.595.